The number of benzene rings is 1. The van der Waals surface area contributed by atoms with Crippen molar-refractivity contribution < 1.29 is 9.13 Å². The fourth-order valence-corrected chi connectivity index (χ4v) is 2.28. The Kier molecular flexibility index (Phi) is 4.13. The molecule has 1 heterocycles. The molecule has 0 bridgehead atoms. The topological polar surface area (TPSA) is 61.0 Å². The van der Waals surface area contributed by atoms with Crippen LogP contribution in [0.3, 0.4) is 0 Å². The predicted molar refractivity (Wildman–Crippen MR) is 72.5 cm³/mol. The maximum atomic E-state index is 13.4. The van der Waals surface area contributed by atoms with Gasteiger partial charge in [-0.15, -0.1) is 0 Å². The van der Waals surface area contributed by atoms with E-state index in [1.165, 1.54) is 12.1 Å². The largest absolute Gasteiger partial charge is 0.428 e. The Hall–Kier alpha value is -1.21. The van der Waals surface area contributed by atoms with Crippen molar-refractivity contribution in [1.29, 1.82) is 0 Å². The Morgan fingerprint density at radius 3 is 3.00 bits per heavy atom. The average molecular weight is 332 g/mol. The maximum absolute atomic E-state index is 13.4. The van der Waals surface area contributed by atoms with Crippen molar-refractivity contribution in [2.75, 3.05) is 5.73 Å². The molecule has 0 amide bonds. The zero-order valence-electron chi connectivity index (χ0n) is 9.61. The van der Waals surface area contributed by atoms with Crippen LogP contribution in [0.1, 0.15) is 19.2 Å². The first kappa shape index (κ1) is 13.2. The van der Waals surface area contributed by atoms with Crippen molar-refractivity contribution >= 4 is 33.1 Å². The van der Waals surface area contributed by atoms with Gasteiger partial charge in [-0.25, -0.2) is 4.39 Å². The van der Waals surface area contributed by atoms with Crippen LogP contribution in [-0.2, 0) is 6.42 Å². The first-order valence-corrected chi connectivity index (χ1v) is 6.91. The summed E-state index contributed by atoms with van der Waals surface area (Å²) >= 11 is 4.18. The second-order valence-corrected chi connectivity index (χ2v) is 5.20. The van der Waals surface area contributed by atoms with Gasteiger partial charge in [0.05, 0.1) is 10.2 Å². The van der Waals surface area contributed by atoms with E-state index in [0.717, 1.165) is 30.2 Å². The second kappa shape index (κ2) is 5.62. The van der Waals surface area contributed by atoms with Gasteiger partial charge in [-0.05, 0) is 28.4 Å². The predicted octanol–water partition coefficient (Wildman–Crippen LogP) is 3.77. The molecule has 2 aromatic rings. The number of ether oxygens (including phenoxy) is 1. The van der Waals surface area contributed by atoms with Crippen LogP contribution in [0.5, 0.6) is 10.9 Å². The zero-order chi connectivity index (χ0) is 13.1. The normalized spacial score (nSPS) is 10.6. The smallest absolute Gasteiger partial charge is 0.298 e. The summed E-state index contributed by atoms with van der Waals surface area (Å²) in [5.74, 6) is 0.543. The number of halogens is 2. The van der Waals surface area contributed by atoms with E-state index < -0.39 is 5.82 Å². The molecule has 0 radical (unpaired) electrons. The summed E-state index contributed by atoms with van der Waals surface area (Å²) < 4.78 is 23.2. The fourth-order valence-electron chi connectivity index (χ4n) is 1.33. The van der Waals surface area contributed by atoms with Crippen molar-refractivity contribution in [3.05, 3.63) is 28.2 Å². The number of nitrogens with zero attached hydrogens (tertiary/aromatic N) is 2. The lowest BCUT2D eigenvalue weighted by Crippen LogP contribution is -1.94. The first-order chi connectivity index (χ1) is 8.60. The monoisotopic (exact) mass is 331 g/mol. The van der Waals surface area contributed by atoms with Crippen LogP contribution in [-0.4, -0.2) is 9.36 Å². The lowest BCUT2D eigenvalue weighted by Gasteiger charge is -2.06. The Bertz CT molecular complexity index is 561. The molecule has 0 aliphatic carbocycles. The summed E-state index contributed by atoms with van der Waals surface area (Å²) in [7, 11) is 0. The molecule has 1 aromatic heterocycles. The fraction of sp³-hybridized carbons (Fsp3) is 0.273. The van der Waals surface area contributed by atoms with Gasteiger partial charge in [0.1, 0.15) is 11.6 Å². The van der Waals surface area contributed by atoms with E-state index in [0.29, 0.717) is 15.4 Å². The van der Waals surface area contributed by atoms with Gasteiger partial charge < -0.3 is 10.5 Å². The van der Waals surface area contributed by atoms with Crippen LogP contribution >= 0.6 is 27.5 Å². The highest BCUT2D eigenvalue weighted by Crippen LogP contribution is 2.32. The number of hydrogen-bond acceptors (Lipinski definition) is 5. The van der Waals surface area contributed by atoms with Crippen molar-refractivity contribution in [3.8, 4) is 10.9 Å². The van der Waals surface area contributed by atoms with Crippen LogP contribution in [0.15, 0.2) is 16.6 Å². The molecule has 0 spiro atoms. The van der Waals surface area contributed by atoms with Crippen LogP contribution in [0.4, 0.5) is 10.1 Å². The van der Waals surface area contributed by atoms with E-state index in [-0.39, 0.29) is 5.75 Å². The Balaban J connectivity index is 2.20. The van der Waals surface area contributed by atoms with E-state index >= 15 is 0 Å². The van der Waals surface area contributed by atoms with Crippen LogP contribution < -0.4 is 10.5 Å². The number of rotatable bonds is 4. The number of nitrogen functional groups attached to an aromatic ring is 1. The van der Waals surface area contributed by atoms with Gasteiger partial charge in [-0.2, -0.15) is 9.36 Å². The number of nitrogens with two attached hydrogens (primary N) is 1. The molecule has 0 atom stereocenters. The summed E-state index contributed by atoms with van der Waals surface area (Å²) in [5.41, 5.74) is 6.08. The van der Waals surface area contributed by atoms with Gasteiger partial charge in [0, 0.05) is 24.0 Å². The van der Waals surface area contributed by atoms with Crippen molar-refractivity contribution in [1.82, 2.24) is 9.36 Å². The van der Waals surface area contributed by atoms with Crippen molar-refractivity contribution in [3.63, 3.8) is 0 Å². The molecule has 0 unspecified atom stereocenters. The Morgan fingerprint density at radius 1 is 1.50 bits per heavy atom. The van der Waals surface area contributed by atoms with E-state index in [2.05, 4.69) is 25.3 Å². The maximum Gasteiger partial charge on any atom is 0.298 e. The van der Waals surface area contributed by atoms with Gasteiger partial charge in [-0.1, -0.05) is 6.92 Å². The number of aromatic nitrogens is 2. The molecule has 1 aromatic carbocycles. The molecule has 0 fully saturated rings. The summed E-state index contributed by atoms with van der Waals surface area (Å²) in [5, 5.41) is 0.367. The minimum atomic E-state index is -0.433. The summed E-state index contributed by atoms with van der Waals surface area (Å²) in [6.07, 6.45) is 1.76. The van der Waals surface area contributed by atoms with E-state index in [1.54, 1.807) is 0 Å². The second-order valence-electron chi connectivity index (χ2n) is 3.63. The van der Waals surface area contributed by atoms with Gasteiger partial charge in [0.2, 0.25) is 0 Å². The third-order valence-electron chi connectivity index (χ3n) is 2.17. The van der Waals surface area contributed by atoms with Gasteiger partial charge in [0.15, 0.2) is 5.75 Å². The quantitative estimate of drug-likeness (QED) is 0.866. The molecule has 2 N–H and O–H groups in total. The zero-order valence-corrected chi connectivity index (χ0v) is 12.0. The molecular formula is C11H11BrFN3OS. The molecule has 0 saturated carbocycles. The molecule has 18 heavy (non-hydrogen) atoms. The molecular weight excluding hydrogens is 321 g/mol. The number of hydrogen-bond donors (Lipinski definition) is 1. The highest BCUT2D eigenvalue weighted by Gasteiger charge is 2.11. The molecule has 2 rings (SSSR count). The van der Waals surface area contributed by atoms with Crippen molar-refractivity contribution in [2.45, 2.75) is 19.8 Å². The van der Waals surface area contributed by atoms with Crippen LogP contribution in [0, 0.1) is 5.82 Å². The Morgan fingerprint density at radius 2 is 2.28 bits per heavy atom. The number of anilines is 1. The minimum Gasteiger partial charge on any atom is -0.428 e. The van der Waals surface area contributed by atoms with Gasteiger partial charge >= 0.3 is 0 Å². The molecule has 0 aliphatic heterocycles. The Labute approximate surface area is 116 Å². The van der Waals surface area contributed by atoms with E-state index in [1.807, 2.05) is 6.92 Å². The summed E-state index contributed by atoms with van der Waals surface area (Å²) in [6, 6.07) is 2.68. The van der Waals surface area contributed by atoms with Crippen LogP contribution in [0.25, 0.3) is 0 Å². The molecule has 7 heteroatoms. The van der Waals surface area contributed by atoms with Gasteiger partial charge in [-0.3, -0.25) is 0 Å². The highest BCUT2D eigenvalue weighted by atomic mass is 79.9. The summed E-state index contributed by atoms with van der Waals surface area (Å²) in [6.45, 7) is 2.05. The molecule has 0 saturated heterocycles. The first-order valence-electron chi connectivity index (χ1n) is 5.35. The van der Waals surface area contributed by atoms with E-state index in [9.17, 15) is 4.39 Å². The standard InChI is InChI=1S/C11H11BrFN3OS/c1-2-3-10-15-11(18-16-10)17-9-5-7(13)6(12)4-8(9)14/h4-5H,2-3,14H2,1H3. The van der Waals surface area contributed by atoms with Gasteiger partial charge in [0.25, 0.3) is 5.19 Å². The highest BCUT2D eigenvalue weighted by molar-refractivity contribution is 9.10. The average Bonchev–Trinajstić information content (AvgIpc) is 2.74. The molecule has 0 aliphatic rings. The third-order valence-corrected chi connectivity index (χ3v) is 3.41. The SMILES string of the molecule is CCCc1nsc(Oc2cc(F)c(Br)cc2N)n1. The van der Waals surface area contributed by atoms with Crippen LogP contribution in [0.2, 0.25) is 0 Å². The van der Waals surface area contributed by atoms with Crippen molar-refractivity contribution in [2.24, 2.45) is 0 Å². The molecule has 96 valence electrons. The molecule has 4 nitrogen and oxygen atoms in total. The summed E-state index contributed by atoms with van der Waals surface area (Å²) in [4.78, 5) is 4.18. The lowest BCUT2D eigenvalue weighted by atomic mass is 10.3. The lowest BCUT2D eigenvalue weighted by molar-refractivity contribution is 0.473. The third kappa shape index (κ3) is 2.97. The minimum absolute atomic E-state index is 0.245. The number of aryl methyl sites for hydroxylation is 1. The van der Waals surface area contributed by atoms with E-state index in [4.69, 9.17) is 10.5 Å².